The maximum atomic E-state index is 12.2. The van der Waals surface area contributed by atoms with Gasteiger partial charge in [-0.15, -0.1) is 0 Å². The highest BCUT2D eigenvalue weighted by Crippen LogP contribution is 2.23. The minimum absolute atomic E-state index is 0.295. The molecule has 2 aromatic rings. The number of carbonyl (C=O) groups is 1. The number of rotatable bonds is 6. The van der Waals surface area contributed by atoms with Gasteiger partial charge in [0, 0.05) is 18.8 Å². The zero-order chi connectivity index (χ0) is 18.4. The average Bonchev–Trinajstić information content (AvgIpc) is 3.16. The maximum absolute atomic E-state index is 12.2. The van der Waals surface area contributed by atoms with Gasteiger partial charge in [-0.3, -0.25) is 0 Å². The van der Waals surface area contributed by atoms with Crippen LogP contribution in [0.2, 0.25) is 0 Å². The first kappa shape index (κ1) is 18.0. The Kier molecular flexibility index (Phi) is 5.88. The molecule has 2 heterocycles. The highest BCUT2D eigenvalue weighted by atomic mass is 16.5. The van der Waals surface area contributed by atoms with Crippen molar-refractivity contribution in [1.29, 1.82) is 0 Å². The molecule has 0 radical (unpaired) electrons. The van der Waals surface area contributed by atoms with E-state index in [4.69, 9.17) is 4.74 Å². The smallest absolute Gasteiger partial charge is 0.319 e. The van der Waals surface area contributed by atoms with Crippen LogP contribution in [0.5, 0.6) is 5.75 Å². The SMILES string of the molecule is CCOc1ccccc1NC(=O)NCc1cc(C)nc(N2CCCC2)n1. The van der Waals surface area contributed by atoms with Crippen molar-refractivity contribution < 1.29 is 9.53 Å². The summed E-state index contributed by atoms with van der Waals surface area (Å²) in [6.07, 6.45) is 2.35. The second-order valence-corrected chi connectivity index (χ2v) is 6.23. The van der Waals surface area contributed by atoms with Gasteiger partial charge in [-0.05, 0) is 44.9 Å². The first-order valence-electron chi connectivity index (χ1n) is 9.02. The summed E-state index contributed by atoms with van der Waals surface area (Å²) in [5, 5.41) is 5.67. The van der Waals surface area contributed by atoms with Crippen LogP contribution >= 0.6 is 0 Å². The topological polar surface area (TPSA) is 79.4 Å². The van der Waals surface area contributed by atoms with Crippen molar-refractivity contribution in [1.82, 2.24) is 15.3 Å². The molecule has 0 bridgehead atoms. The van der Waals surface area contributed by atoms with E-state index < -0.39 is 0 Å². The normalized spacial score (nSPS) is 13.5. The molecule has 2 N–H and O–H groups in total. The Balaban J connectivity index is 1.61. The number of urea groups is 1. The molecule has 0 spiro atoms. The van der Waals surface area contributed by atoms with Crippen LogP contribution in [-0.4, -0.2) is 35.7 Å². The molecule has 3 rings (SSSR count). The number of amides is 2. The lowest BCUT2D eigenvalue weighted by atomic mass is 10.3. The molecule has 138 valence electrons. The van der Waals surface area contributed by atoms with Crippen LogP contribution in [0.25, 0.3) is 0 Å². The predicted octanol–water partition coefficient (Wildman–Crippen LogP) is 3.11. The molecule has 7 nitrogen and oxygen atoms in total. The molecule has 0 unspecified atom stereocenters. The largest absolute Gasteiger partial charge is 0.492 e. The van der Waals surface area contributed by atoms with Gasteiger partial charge in [0.25, 0.3) is 0 Å². The molecule has 1 aliphatic heterocycles. The first-order chi connectivity index (χ1) is 12.7. The van der Waals surface area contributed by atoms with Gasteiger partial charge in [0.15, 0.2) is 0 Å². The van der Waals surface area contributed by atoms with Crippen molar-refractivity contribution in [2.24, 2.45) is 0 Å². The molecule has 0 saturated carbocycles. The summed E-state index contributed by atoms with van der Waals surface area (Å²) in [6.45, 7) is 6.72. The Labute approximate surface area is 153 Å². The molecule has 7 heteroatoms. The minimum atomic E-state index is -0.295. The Morgan fingerprint density at radius 1 is 1.23 bits per heavy atom. The molecular formula is C19H25N5O2. The third-order valence-corrected chi connectivity index (χ3v) is 4.15. The molecule has 1 aliphatic rings. The highest BCUT2D eigenvalue weighted by Gasteiger charge is 2.16. The Bertz CT molecular complexity index is 759. The average molecular weight is 355 g/mol. The highest BCUT2D eigenvalue weighted by molar-refractivity contribution is 5.90. The number of nitrogens with one attached hydrogen (secondary N) is 2. The van der Waals surface area contributed by atoms with E-state index >= 15 is 0 Å². The van der Waals surface area contributed by atoms with Crippen LogP contribution in [-0.2, 0) is 6.54 Å². The zero-order valence-electron chi connectivity index (χ0n) is 15.3. The van der Waals surface area contributed by atoms with E-state index in [0.717, 1.165) is 30.4 Å². The van der Waals surface area contributed by atoms with Crippen molar-refractivity contribution in [2.45, 2.75) is 33.2 Å². The zero-order valence-corrected chi connectivity index (χ0v) is 15.3. The number of para-hydroxylation sites is 2. The van der Waals surface area contributed by atoms with Gasteiger partial charge in [0.2, 0.25) is 5.95 Å². The number of hydrogen-bond acceptors (Lipinski definition) is 5. The molecule has 1 fully saturated rings. The van der Waals surface area contributed by atoms with E-state index in [1.807, 2.05) is 44.2 Å². The molecule has 2 amide bonds. The van der Waals surface area contributed by atoms with Crippen molar-refractivity contribution in [2.75, 3.05) is 29.9 Å². The molecular weight excluding hydrogens is 330 g/mol. The van der Waals surface area contributed by atoms with E-state index in [1.54, 1.807) is 0 Å². The summed E-state index contributed by atoms with van der Waals surface area (Å²) >= 11 is 0. The van der Waals surface area contributed by atoms with E-state index in [1.165, 1.54) is 12.8 Å². The number of benzene rings is 1. The summed E-state index contributed by atoms with van der Waals surface area (Å²) < 4.78 is 5.52. The van der Waals surface area contributed by atoms with E-state index in [2.05, 4.69) is 25.5 Å². The van der Waals surface area contributed by atoms with Crippen LogP contribution < -0.4 is 20.3 Å². The second kappa shape index (κ2) is 8.51. The summed E-state index contributed by atoms with van der Waals surface area (Å²) in [5.74, 6) is 1.40. The van der Waals surface area contributed by atoms with E-state index in [-0.39, 0.29) is 6.03 Å². The minimum Gasteiger partial charge on any atom is -0.492 e. The quantitative estimate of drug-likeness (QED) is 0.832. The summed E-state index contributed by atoms with van der Waals surface area (Å²) in [6, 6.07) is 8.97. The molecule has 26 heavy (non-hydrogen) atoms. The van der Waals surface area contributed by atoms with Crippen molar-refractivity contribution in [3.05, 3.63) is 41.7 Å². The molecule has 0 atom stereocenters. The van der Waals surface area contributed by atoms with Crippen LogP contribution in [0.1, 0.15) is 31.2 Å². The maximum Gasteiger partial charge on any atom is 0.319 e. The lowest BCUT2D eigenvalue weighted by Crippen LogP contribution is -2.29. The Hall–Kier alpha value is -2.83. The number of ether oxygens (including phenoxy) is 1. The number of hydrogen-bond donors (Lipinski definition) is 2. The molecule has 0 aliphatic carbocycles. The van der Waals surface area contributed by atoms with Gasteiger partial charge < -0.3 is 20.3 Å². The van der Waals surface area contributed by atoms with Gasteiger partial charge >= 0.3 is 6.03 Å². The van der Waals surface area contributed by atoms with Gasteiger partial charge in [0.05, 0.1) is 24.5 Å². The summed E-state index contributed by atoms with van der Waals surface area (Å²) in [5.41, 5.74) is 2.34. The van der Waals surface area contributed by atoms with E-state index in [0.29, 0.717) is 24.6 Å². The fourth-order valence-electron chi connectivity index (χ4n) is 2.95. The standard InChI is InChI=1S/C19H25N5O2/c1-3-26-17-9-5-4-8-16(17)23-19(25)20-13-15-12-14(2)21-18(22-15)24-10-6-7-11-24/h4-5,8-9,12H,3,6-7,10-11,13H2,1-2H3,(H2,20,23,25). The van der Waals surface area contributed by atoms with Gasteiger partial charge in [0.1, 0.15) is 5.75 Å². The first-order valence-corrected chi connectivity index (χ1v) is 9.02. The Morgan fingerprint density at radius 3 is 2.77 bits per heavy atom. The number of carbonyl (C=O) groups excluding carboxylic acids is 1. The third-order valence-electron chi connectivity index (χ3n) is 4.15. The molecule has 1 aromatic carbocycles. The fourth-order valence-corrected chi connectivity index (χ4v) is 2.95. The van der Waals surface area contributed by atoms with Crippen molar-refractivity contribution in [3.8, 4) is 5.75 Å². The number of nitrogens with zero attached hydrogens (tertiary/aromatic N) is 3. The lowest BCUT2D eigenvalue weighted by Gasteiger charge is -2.17. The van der Waals surface area contributed by atoms with Gasteiger partial charge in [-0.1, -0.05) is 12.1 Å². The summed E-state index contributed by atoms with van der Waals surface area (Å²) in [4.78, 5) is 23.5. The molecule has 1 saturated heterocycles. The van der Waals surface area contributed by atoms with Crippen LogP contribution in [0, 0.1) is 6.92 Å². The Morgan fingerprint density at radius 2 is 2.00 bits per heavy atom. The van der Waals surface area contributed by atoms with Crippen LogP contribution in [0.4, 0.5) is 16.4 Å². The van der Waals surface area contributed by atoms with E-state index in [9.17, 15) is 4.79 Å². The lowest BCUT2D eigenvalue weighted by molar-refractivity contribution is 0.251. The van der Waals surface area contributed by atoms with Crippen molar-refractivity contribution >= 4 is 17.7 Å². The molecule has 1 aromatic heterocycles. The third kappa shape index (κ3) is 4.62. The van der Waals surface area contributed by atoms with Crippen molar-refractivity contribution in [3.63, 3.8) is 0 Å². The monoisotopic (exact) mass is 355 g/mol. The summed E-state index contributed by atoms with van der Waals surface area (Å²) in [7, 11) is 0. The van der Waals surface area contributed by atoms with Gasteiger partial charge in [-0.2, -0.15) is 0 Å². The predicted molar refractivity (Wildman–Crippen MR) is 102 cm³/mol. The number of aromatic nitrogens is 2. The van der Waals surface area contributed by atoms with Crippen LogP contribution in [0.15, 0.2) is 30.3 Å². The fraction of sp³-hybridized carbons (Fsp3) is 0.421. The van der Waals surface area contributed by atoms with Gasteiger partial charge in [-0.25, -0.2) is 14.8 Å². The number of anilines is 2. The second-order valence-electron chi connectivity index (χ2n) is 6.23. The van der Waals surface area contributed by atoms with Crippen LogP contribution in [0.3, 0.4) is 0 Å². The number of aryl methyl sites for hydroxylation is 1.